The molecule has 2 unspecified atom stereocenters. The third-order valence-corrected chi connectivity index (χ3v) is 2.36. The molecule has 2 rings (SSSR count). The summed E-state index contributed by atoms with van der Waals surface area (Å²) in [5.41, 5.74) is 0.694. The Morgan fingerprint density at radius 2 is 2.57 bits per heavy atom. The lowest BCUT2D eigenvalue weighted by molar-refractivity contribution is 0.572. The van der Waals surface area contributed by atoms with Gasteiger partial charge in [0.25, 0.3) is 0 Å². The van der Waals surface area contributed by atoms with Gasteiger partial charge < -0.3 is 0 Å². The Kier molecular flexibility index (Phi) is 0.487. The van der Waals surface area contributed by atoms with Crippen LogP contribution >= 0.6 is 0 Å². The molecule has 39 valence electrons. The van der Waals surface area contributed by atoms with Crippen molar-refractivity contribution in [1.82, 2.24) is 5.32 Å². The van der Waals surface area contributed by atoms with Crippen LogP contribution in [0, 0.1) is 11.3 Å². The summed E-state index contributed by atoms with van der Waals surface area (Å²) in [5, 5.41) is 4.29. The van der Waals surface area contributed by atoms with E-state index in [0.717, 1.165) is 19.0 Å². The van der Waals surface area contributed by atoms with Crippen molar-refractivity contribution in [3.05, 3.63) is 0 Å². The molecule has 0 aromatic rings. The maximum absolute atomic E-state index is 4.29. The van der Waals surface area contributed by atoms with E-state index in [2.05, 4.69) is 12.2 Å². The Bertz CT molecular complexity index is 98.4. The summed E-state index contributed by atoms with van der Waals surface area (Å²) in [6.45, 7) is 4.66. The van der Waals surface area contributed by atoms with Crippen LogP contribution < -0.4 is 5.32 Å². The van der Waals surface area contributed by atoms with Gasteiger partial charge in [-0.1, -0.05) is 6.92 Å². The average molecular weight is 96.2 g/mol. The predicted octanol–water partition coefficient (Wildman–Crippen LogP) is 0.631. The van der Waals surface area contributed by atoms with Crippen LogP contribution in [-0.2, 0) is 0 Å². The summed E-state index contributed by atoms with van der Waals surface area (Å²) in [6, 6.07) is 0. The first kappa shape index (κ1) is 3.90. The highest BCUT2D eigenvalue weighted by atomic mass is 15.0. The molecule has 1 aliphatic carbocycles. The molecule has 0 aromatic heterocycles. The van der Waals surface area contributed by atoms with Gasteiger partial charge in [0.2, 0.25) is 0 Å². The molecule has 1 heterocycles. The molecule has 2 fully saturated rings. The first-order valence-electron chi connectivity index (χ1n) is 2.94. The smallest absolute Gasteiger partial charge is 0.0190 e. The number of fused-ring (bicyclic) bond motifs is 1. The van der Waals surface area contributed by atoms with E-state index in [0.29, 0.717) is 5.41 Å². The maximum atomic E-state index is 4.29. The Balaban J connectivity index is 2.17. The lowest BCUT2D eigenvalue weighted by Gasteiger charge is -1.96. The molecule has 2 atom stereocenters. The van der Waals surface area contributed by atoms with Crippen molar-refractivity contribution in [2.24, 2.45) is 11.3 Å². The molecular formula is C6H10N. The minimum Gasteiger partial charge on any atom is -0.241 e. The highest BCUT2D eigenvalue weighted by molar-refractivity contribution is 5.05. The first-order valence-corrected chi connectivity index (χ1v) is 2.94. The normalized spacial score (nSPS) is 57.0. The molecule has 1 saturated carbocycles. The van der Waals surface area contributed by atoms with Gasteiger partial charge in [0.15, 0.2) is 0 Å². The zero-order valence-corrected chi connectivity index (χ0v) is 4.65. The quantitative estimate of drug-likeness (QED) is 0.420. The van der Waals surface area contributed by atoms with Crippen molar-refractivity contribution in [3.63, 3.8) is 0 Å². The van der Waals surface area contributed by atoms with Gasteiger partial charge in [-0.3, -0.25) is 0 Å². The van der Waals surface area contributed by atoms with Gasteiger partial charge in [-0.15, -0.1) is 0 Å². The third-order valence-electron chi connectivity index (χ3n) is 2.36. The highest BCUT2D eigenvalue weighted by Gasteiger charge is 2.53. The topological polar surface area (TPSA) is 14.1 Å². The summed E-state index contributed by atoms with van der Waals surface area (Å²) in [5.74, 6) is 0.993. The molecule has 1 heteroatoms. The lowest BCUT2D eigenvalue weighted by atomic mass is 10.1. The minimum absolute atomic E-state index is 0.694. The van der Waals surface area contributed by atoms with Gasteiger partial charge >= 0.3 is 0 Å². The zero-order chi connectivity index (χ0) is 4.91. The van der Waals surface area contributed by atoms with Crippen molar-refractivity contribution < 1.29 is 0 Å². The largest absolute Gasteiger partial charge is 0.241 e. The number of hydrogen-bond donors (Lipinski definition) is 0. The molecule has 0 aromatic carbocycles. The molecule has 1 aliphatic heterocycles. The second kappa shape index (κ2) is 0.873. The van der Waals surface area contributed by atoms with Crippen molar-refractivity contribution in [1.29, 1.82) is 0 Å². The summed E-state index contributed by atoms with van der Waals surface area (Å²) < 4.78 is 0. The number of piperidine rings is 1. The van der Waals surface area contributed by atoms with E-state index < -0.39 is 0 Å². The van der Waals surface area contributed by atoms with E-state index in [1.54, 1.807) is 0 Å². The number of hydrogen-bond acceptors (Lipinski definition) is 0. The van der Waals surface area contributed by atoms with Crippen LogP contribution in [0.3, 0.4) is 0 Å². The van der Waals surface area contributed by atoms with E-state index in [1.807, 2.05) is 0 Å². The van der Waals surface area contributed by atoms with Crippen LogP contribution in [-0.4, -0.2) is 13.1 Å². The monoisotopic (exact) mass is 96.1 g/mol. The van der Waals surface area contributed by atoms with E-state index in [4.69, 9.17) is 0 Å². The molecule has 1 saturated heterocycles. The average Bonchev–Trinajstić information content (AvgIpc) is 2.09. The van der Waals surface area contributed by atoms with Gasteiger partial charge in [0, 0.05) is 13.1 Å². The number of nitrogens with zero attached hydrogens (tertiary/aromatic N) is 1. The van der Waals surface area contributed by atoms with E-state index in [1.165, 1.54) is 6.42 Å². The Morgan fingerprint density at radius 1 is 1.71 bits per heavy atom. The Labute approximate surface area is 44.1 Å². The zero-order valence-electron chi connectivity index (χ0n) is 4.65. The molecule has 1 radical (unpaired) electrons. The fourth-order valence-electron chi connectivity index (χ4n) is 1.46. The molecule has 1 nitrogen and oxygen atoms in total. The van der Waals surface area contributed by atoms with Gasteiger partial charge in [0.05, 0.1) is 0 Å². The molecule has 0 bridgehead atoms. The molecular weight excluding hydrogens is 86.1 g/mol. The van der Waals surface area contributed by atoms with Crippen LogP contribution in [0.1, 0.15) is 13.3 Å². The lowest BCUT2D eigenvalue weighted by Crippen LogP contribution is -2.05. The van der Waals surface area contributed by atoms with Crippen molar-refractivity contribution in [3.8, 4) is 0 Å². The van der Waals surface area contributed by atoms with Crippen molar-refractivity contribution in [2.75, 3.05) is 13.1 Å². The fraction of sp³-hybridized carbons (Fsp3) is 1.00. The standard InChI is InChI=1S/C6H10N/c1-6-2-5(6)3-7-4-6/h5H,2-4H2,1H3. The van der Waals surface area contributed by atoms with E-state index in [9.17, 15) is 0 Å². The molecule has 7 heavy (non-hydrogen) atoms. The Hall–Kier alpha value is -0.0400. The molecule has 2 aliphatic rings. The van der Waals surface area contributed by atoms with Crippen LogP contribution in [0.4, 0.5) is 0 Å². The van der Waals surface area contributed by atoms with Crippen molar-refractivity contribution in [2.45, 2.75) is 13.3 Å². The summed E-state index contributed by atoms with van der Waals surface area (Å²) in [7, 11) is 0. The van der Waals surface area contributed by atoms with Crippen LogP contribution in [0.25, 0.3) is 0 Å². The van der Waals surface area contributed by atoms with Gasteiger partial charge in [-0.25, -0.2) is 5.32 Å². The van der Waals surface area contributed by atoms with Crippen LogP contribution in [0.2, 0.25) is 0 Å². The number of rotatable bonds is 0. The summed E-state index contributed by atoms with van der Waals surface area (Å²) in [4.78, 5) is 0. The second-order valence-electron chi connectivity index (χ2n) is 3.12. The maximum Gasteiger partial charge on any atom is 0.0190 e. The van der Waals surface area contributed by atoms with Crippen LogP contribution in [0.5, 0.6) is 0 Å². The van der Waals surface area contributed by atoms with Gasteiger partial charge in [0.1, 0.15) is 0 Å². The Morgan fingerprint density at radius 3 is 2.71 bits per heavy atom. The predicted molar refractivity (Wildman–Crippen MR) is 28.1 cm³/mol. The molecule has 0 spiro atoms. The summed E-state index contributed by atoms with van der Waals surface area (Å²) in [6.07, 6.45) is 1.45. The van der Waals surface area contributed by atoms with E-state index in [-0.39, 0.29) is 0 Å². The first-order chi connectivity index (χ1) is 3.31. The third kappa shape index (κ3) is 0.367. The highest BCUT2D eigenvalue weighted by Crippen LogP contribution is 2.54. The van der Waals surface area contributed by atoms with Crippen molar-refractivity contribution >= 4 is 0 Å². The fourth-order valence-corrected chi connectivity index (χ4v) is 1.46. The SMILES string of the molecule is CC12C[N]CC1C2. The molecule has 0 N–H and O–H groups in total. The van der Waals surface area contributed by atoms with E-state index >= 15 is 0 Å². The van der Waals surface area contributed by atoms with Gasteiger partial charge in [-0.2, -0.15) is 0 Å². The second-order valence-corrected chi connectivity index (χ2v) is 3.12. The van der Waals surface area contributed by atoms with Crippen LogP contribution in [0.15, 0.2) is 0 Å². The minimum atomic E-state index is 0.694. The summed E-state index contributed by atoms with van der Waals surface area (Å²) >= 11 is 0. The van der Waals surface area contributed by atoms with Gasteiger partial charge in [-0.05, 0) is 17.8 Å². The molecule has 0 amide bonds.